The molecule has 0 aliphatic carbocycles. The van der Waals surface area contributed by atoms with Crippen LogP contribution in [0.5, 0.6) is 0 Å². The van der Waals surface area contributed by atoms with Crippen molar-refractivity contribution >= 4 is 27.6 Å². The van der Waals surface area contributed by atoms with E-state index < -0.39 is 0 Å². The Morgan fingerprint density at radius 3 is 2.47 bits per heavy atom. The quantitative estimate of drug-likeness (QED) is 0.419. The highest BCUT2D eigenvalue weighted by Crippen LogP contribution is 2.30. The molecule has 0 spiro atoms. The van der Waals surface area contributed by atoms with E-state index in [0.29, 0.717) is 12.6 Å². The molecule has 0 radical (unpaired) electrons. The number of para-hydroxylation sites is 1. The molecule has 3 aromatic carbocycles. The number of aromatic nitrogens is 3. The molecule has 0 saturated carbocycles. The normalized spacial score (nSPS) is 14.8. The third kappa shape index (κ3) is 3.71. The lowest BCUT2D eigenvalue weighted by Gasteiger charge is -2.32. The molecule has 1 saturated heterocycles. The van der Waals surface area contributed by atoms with Gasteiger partial charge in [0.1, 0.15) is 12.1 Å². The van der Waals surface area contributed by atoms with Crippen LogP contribution < -0.4 is 16.4 Å². The molecule has 0 amide bonds. The average molecular weight is 449 g/mol. The van der Waals surface area contributed by atoms with Crippen molar-refractivity contribution in [2.75, 3.05) is 18.0 Å². The largest absolute Gasteiger partial charge is 0.370 e. The lowest BCUT2D eigenvalue weighted by Crippen LogP contribution is -2.39. The standard InChI is InChI=1S/C28H28N6/c29-17-19-4-6-20(7-5-19)22-8-10-25-24(16-22)31-18-34(25)27-11-9-21-2-1-3-26(28(21)32-27)33-14-12-23(30)13-15-33/h1-11,16,18,23H,12-15,17,29-30H2. The van der Waals surface area contributed by atoms with E-state index in [9.17, 15) is 0 Å². The number of piperidine rings is 1. The summed E-state index contributed by atoms with van der Waals surface area (Å²) in [5.41, 5.74) is 19.5. The molecule has 3 heterocycles. The zero-order valence-corrected chi connectivity index (χ0v) is 19.1. The van der Waals surface area contributed by atoms with Crippen LogP contribution in [0.4, 0.5) is 5.69 Å². The first-order chi connectivity index (χ1) is 16.7. The summed E-state index contributed by atoms with van der Waals surface area (Å²) in [5, 5.41) is 1.14. The smallest absolute Gasteiger partial charge is 0.139 e. The predicted octanol–water partition coefficient (Wildman–Crippen LogP) is 4.63. The molecule has 4 N–H and O–H groups in total. The lowest BCUT2D eigenvalue weighted by atomic mass is 10.0. The van der Waals surface area contributed by atoms with Crippen LogP contribution in [-0.2, 0) is 6.54 Å². The first-order valence-electron chi connectivity index (χ1n) is 11.9. The third-order valence-corrected chi connectivity index (χ3v) is 6.88. The second-order valence-electron chi connectivity index (χ2n) is 9.06. The van der Waals surface area contributed by atoms with Gasteiger partial charge in [0, 0.05) is 31.1 Å². The summed E-state index contributed by atoms with van der Waals surface area (Å²) >= 11 is 0. The molecule has 6 nitrogen and oxygen atoms in total. The molecule has 1 fully saturated rings. The van der Waals surface area contributed by atoms with Gasteiger partial charge in [0.2, 0.25) is 0 Å². The van der Waals surface area contributed by atoms with Crippen molar-refractivity contribution in [3.8, 4) is 16.9 Å². The molecular formula is C28H28N6. The highest BCUT2D eigenvalue weighted by Gasteiger charge is 2.19. The zero-order chi connectivity index (χ0) is 23.1. The van der Waals surface area contributed by atoms with Crippen molar-refractivity contribution < 1.29 is 0 Å². The van der Waals surface area contributed by atoms with Crippen LogP contribution >= 0.6 is 0 Å². The fourth-order valence-electron chi connectivity index (χ4n) is 4.86. The van der Waals surface area contributed by atoms with Gasteiger partial charge in [-0.2, -0.15) is 0 Å². The minimum atomic E-state index is 0.301. The van der Waals surface area contributed by atoms with Crippen LogP contribution in [0.15, 0.2) is 79.1 Å². The van der Waals surface area contributed by atoms with Crippen LogP contribution in [0, 0.1) is 0 Å². The van der Waals surface area contributed by atoms with E-state index in [1.54, 1.807) is 0 Å². The second-order valence-corrected chi connectivity index (χ2v) is 9.06. The van der Waals surface area contributed by atoms with Gasteiger partial charge < -0.3 is 16.4 Å². The number of fused-ring (bicyclic) bond motifs is 2. The number of hydrogen-bond donors (Lipinski definition) is 2. The molecule has 1 aliphatic rings. The van der Waals surface area contributed by atoms with Gasteiger partial charge in [0.05, 0.1) is 22.2 Å². The van der Waals surface area contributed by atoms with Crippen LogP contribution in [-0.4, -0.2) is 33.7 Å². The van der Waals surface area contributed by atoms with E-state index in [2.05, 4.69) is 82.3 Å². The van der Waals surface area contributed by atoms with Crippen LogP contribution in [0.25, 0.3) is 38.9 Å². The predicted molar refractivity (Wildman–Crippen MR) is 139 cm³/mol. The fourth-order valence-corrected chi connectivity index (χ4v) is 4.86. The fraction of sp³-hybridized carbons (Fsp3) is 0.214. The summed E-state index contributed by atoms with van der Waals surface area (Å²) in [7, 11) is 0. The Labute approximate surface area is 198 Å². The van der Waals surface area contributed by atoms with Crippen LogP contribution in [0.3, 0.4) is 0 Å². The molecule has 6 rings (SSSR count). The van der Waals surface area contributed by atoms with E-state index in [0.717, 1.165) is 70.4 Å². The third-order valence-electron chi connectivity index (χ3n) is 6.88. The Kier molecular flexibility index (Phi) is 5.24. The number of imidazole rings is 1. The number of nitrogens with zero attached hydrogens (tertiary/aromatic N) is 4. The van der Waals surface area contributed by atoms with Crippen LogP contribution in [0.1, 0.15) is 18.4 Å². The number of anilines is 1. The van der Waals surface area contributed by atoms with E-state index in [-0.39, 0.29) is 0 Å². The molecule has 0 atom stereocenters. The minimum absolute atomic E-state index is 0.301. The zero-order valence-electron chi connectivity index (χ0n) is 19.1. The van der Waals surface area contributed by atoms with Gasteiger partial charge in [-0.05, 0) is 59.9 Å². The Hall–Kier alpha value is -3.74. The van der Waals surface area contributed by atoms with E-state index in [1.807, 2.05) is 6.33 Å². The van der Waals surface area contributed by atoms with Gasteiger partial charge in [-0.15, -0.1) is 0 Å². The maximum absolute atomic E-state index is 6.13. The number of rotatable bonds is 4. The SMILES string of the molecule is NCc1ccc(-c2ccc3c(c2)ncn3-c2ccc3cccc(N4CCC(N)CC4)c3n2)cc1. The molecular weight excluding hydrogens is 420 g/mol. The average Bonchev–Trinajstić information content (AvgIpc) is 3.32. The van der Waals surface area contributed by atoms with Gasteiger partial charge in [-0.25, -0.2) is 9.97 Å². The maximum Gasteiger partial charge on any atom is 0.139 e. The summed E-state index contributed by atoms with van der Waals surface area (Å²) < 4.78 is 2.07. The Bertz CT molecular complexity index is 1460. The first-order valence-corrected chi connectivity index (χ1v) is 11.9. The van der Waals surface area contributed by atoms with Crippen molar-refractivity contribution in [2.24, 2.45) is 11.5 Å². The summed E-state index contributed by atoms with van der Waals surface area (Å²) in [5.74, 6) is 0.871. The van der Waals surface area contributed by atoms with Gasteiger partial charge in [0.15, 0.2) is 0 Å². The minimum Gasteiger partial charge on any atom is -0.370 e. The Balaban J connectivity index is 1.38. The lowest BCUT2D eigenvalue weighted by molar-refractivity contribution is 0.502. The van der Waals surface area contributed by atoms with Gasteiger partial charge >= 0.3 is 0 Å². The molecule has 0 unspecified atom stereocenters. The van der Waals surface area contributed by atoms with Crippen molar-refractivity contribution in [3.63, 3.8) is 0 Å². The summed E-state index contributed by atoms with van der Waals surface area (Å²) in [6, 6.07) is 25.7. The van der Waals surface area contributed by atoms with Gasteiger partial charge in [-0.1, -0.05) is 42.5 Å². The molecule has 5 aromatic rings. The highest BCUT2D eigenvalue weighted by molar-refractivity contribution is 5.92. The molecule has 0 bridgehead atoms. The molecule has 1 aliphatic heterocycles. The van der Waals surface area contributed by atoms with E-state index in [4.69, 9.17) is 21.4 Å². The van der Waals surface area contributed by atoms with E-state index >= 15 is 0 Å². The first kappa shape index (κ1) is 20.8. The molecule has 2 aromatic heterocycles. The number of nitrogens with two attached hydrogens (primary N) is 2. The van der Waals surface area contributed by atoms with Crippen molar-refractivity contribution in [1.82, 2.24) is 14.5 Å². The number of benzene rings is 3. The maximum atomic E-state index is 6.13. The Morgan fingerprint density at radius 2 is 1.68 bits per heavy atom. The summed E-state index contributed by atoms with van der Waals surface area (Å²) in [6.45, 7) is 2.49. The van der Waals surface area contributed by atoms with Crippen molar-refractivity contribution in [2.45, 2.75) is 25.4 Å². The topological polar surface area (TPSA) is 86.0 Å². The highest BCUT2D eigenvalue weighted by atomic mass is 15.2. The number of hydrogen-bond acceptors (Lipinski definition) is 5. The molecule has 34 heavy (non-hydrogen) atoms. The Morgan fingerprint density at radius 1 is 0.882 bits per heavy atom. The number of pyridine rings is 1. The molecule has 6 heteroatoms. The van der Waals surface area contributed by atoms with Crippen LogP contribution in [0.2, 0.25) is 0 Å². The van der Waals surface area contributed by atoms with Gasteiger partial charge in [-0.3, -0.25) is 4.57 Å². The van der Waals surface area contributed by atoms with E-state index in [1.165, 1.54) is 5.69 Å². The summed E-state index contributed by atoms with van der Waals surface area (Å²) in [6.07, 6.45) is 3.89. The second kappa shape index (κ2) is 8.56. The van der Waals surface area contributed by atoms with Crippen molar-refractivity contribution in [3.05, 3.63) is 84.7 Å². The molecule has 170 valence electrons. The van der Waals surface area contributed by atoms with Crippen molar-refractivity contribution in [1.29, 1.82) is 0 Å². The monoisotopic (exact) mass is 448 g/mol. The van der Waals surface area contributed by atoms with Gasteiger partial charge in [0.25, 0.3) is 0 Å². The summed E-state index contributed by atoms with van der Waals surface area (Å²) in [4.78, 5) is 12.2.